The number of aliphatic hydroxyl groups excluding tert-OH is 3. The molecule has 158 valence electrons. The van der Waals surface area contributed by atoms with E-state index in [0.29, 0.717) is 5.75 Å². The van der Waals surface area contributed by atoms with Crippen LogP contribution in [0.25, 0.3) is 0 Å². The number of ether oxygens (including phenoxy) is 1. The van der Waals surface area contributed by atoms with Gasteiger partial charge in [-0.05, 0) is 43.0 Å². The molecule has 3 rings (SSSR count). The third-order valence-corrected chi connectivity index (χ3v) is 7.66. The number of benzene rings is 2. The Morgan fingerprint density at radius 2 is 1.76 bits per heavy atom. The summed E-state index contributed by atoms with van der Waals surface area (Å²) in [5.74, 6) is 0.671. The predicted octanol–water partition coefficient (Wildman–Crippen LogP) is 3.51. The lowest BCUT2D eigenvalue weighted by atomic mass is 9.92. The van der Waals surface area contributed by atoms with E-state index in [1.165, 1.54) is 22.9 Å². The van der Waals surface area contributed by atoms with E-state index in [1.807, 2.05) is 13.0 Å². The zero-order chi connectivity index (χ0) is 21.1. The van der Waals surface area contributed by atoms with Crippen molar-refractivity contribution in [2.45, 2.75) is 49.1 Å². The van der Waals surface area contributed by atoms with Gasteiger partial charge in [0.2, 0.25) is 0 Å². The molecule has 2 aromatic carbocycles. The maximum Gasteiger partial charge on any atom is 0.123 e. The Morgan fingerprint density at radius 1 is 1.07 bits per heavy atom. The van der Waals surface area contributed by atoms with Gasteiger partial charge in [-0.1, -0.05) is 35.9 Å². The first-order valence-corrected chi connectivity index (χ1v) is 11.3. The van der Waals surface area contributed by atoms with Gasteiger partial charge in [0.1, 0.15) is 41.0 Å². The summed E-state index contributed by atoms with van der Waals surface area (Å²) >= 11 is 3.12. The molecule has 7 heteroatoms. The molecule has 0 amide bonds. The highest BCUT2D eigenvalue weighted by atomic mass is 127. The average molecular weight is 530 g/mol. The number of rotatable bonds is 6. The highest BCUT2D eigenvalue weighted by Crippen LogP contribution is 2.47. The van der Waals surface area contributed by atoms with Crippen LogP contribution in [-0.4, -0.2) is 52.6 Å². The van der Waals surface area contributed by atoms with Gasteiger partial charge in [0, 0.05) is 5.56 Å². The summed E-state index contributed by atoms with van der Waals surface area (Å²) < 4.78 is 10.9. The van der Waals surface area contributed by atoms with Crippen LogP contribution in [0, 0.1) is 13.8 Å². The molecule has 1 heterocycles. The Bertz CT molecular complexity index is 827. The fourth-order valence-corrected chi connectivity index (χ4v) is 6.06. The third-order valence-electron chi connectivity index (χ3n) is 5.48. The van der Waals surface area contributed by atoms with Gasteiger partial charge in [0.05, 0.1) is 30.3 Å². The SMILES string of the molecule is COc1cc(C)c(Cc2ccc(C)cc2)cc1[C@@H]1S[C@H](CO)[C@@H](OI)[C@H](O)[C@H]1O. The molecule has 0 unspecified atom stereocenters. The van der Waals surface area contributed by atoms with Crippen LogP contribution < -0.4 is 4.74 Å². The molecule has 1 aliphatic heterocycles. The van der Waals surface area contributed by atoms with Gasteiger partial charge in [0.15, 0.2) is 0 Å². The molecule has 0 aliphatic carbocycles. The number of aryl methyl sites for hydroxylation is 2. The normalized spacial score (nSPS) is 27.1. The van der Waals surface area contributed by atoms with Gasteiger partial charge in [-0.15, -0.1) is 11.8 Å². The van der Waals surface area contributed by atoms with Crippen molar-refractivity contribution < 1.29 is 23.1 Å². The zero-order valence-corrected chi connectivity index (χ0v) is 19.7. The summed E-state index contributed by atoms with van der Waals surface area (Å²) in [6, 6.07) is 12.5. The highest BCUT2D eigenvalue weighted by molar-refractivity contribution is 14.1. The largest absolute Gasteiger partial charge is 0.496 e. The van der Waals surface area contributed by atoms with E-state index in [1.54, 1.807) is 30.1 Å². The van der Waals surface area contributed by atoms with Gasteiger partial charge in [-0.2, -0.15) is 0 Å². The quantitative estimate of drug-likeness (QED) is 0.497. The van der Waals surface area contributed by atoms with Gasteiger partial charge in [-0.3, -0.25) is 0 Å². The first-order chi connectivity index (χ1) is 13.9. The summed E-state index contributed by atoms with van der Waals surface area (Å²) in [7, 11) is 1.61. The van der Waals surface area contributed by atoms with Gasteiger partial charge in [0.25, 0.3) is 0 Å². The fourth-order valence-electron chi connectivity index (χ4n) is 3.71. The lowest BCUT2D eigenvalue weighted by Gasteiger charge is -2.41. The third kappa shape index (κ3) is 4.91. The topological polar surface area (TPSA) is 79.2 Å². The summed E-state index contributed by atoms with van der Waals surface area (Å²) in [5, 5.41) is 30.4. The van der Waals surface area contributed by atoms with Crippen molar-refractivity contribution in [3.05, 3.63) is 64.2 Å². The minimum atomic E-state index is -1.10. The zero-order valence-electron chi connectivity index (χ0n) is 16.7. The number of hydrogen-bond donors (Lipinski definition) is 3. The highest BCUT2D eigenvalue weighted by Gasteiger charge is 2.46. The summed E-state index contributed by atoms with van der Waals surface area (Å²) in [6.07, 6.45) is -2.00. The summed E-state index contributed by atoms with van der Waals surface area (Å²) in [4.78, 5) is 0. The van der Waals surface area contributed by atoms with Crippen LogP contribution in [-0.2, 0) is 9.49 Å². The molecule has 5 atom stereocenters. The van der Waals surface area contributed by atoms with Crippen molar-refractivity contribution in [1.82, 2.24) is 0 Å². The minimum absolute atomic E-state index is 0.150. The molecule has 0 aromatic heterocycles. The Kier molecular flexibility index (Phi) is 7.86. The van der Waals surface area contributed by atoms with E-state index in [-0.39, 0.29) is 11.9 Å². The van der Waals surface area contributed by atoms with Crippen molar-refractivity contribution in [3.63, 3.8) is 0 Å². The van der Waals surface area contributed by atoms with E-state index in [2.05, 4.69) is 37.3 Å². The predicted molar refractivity (Wildman–Crippen MR) is 124 cm³/mol. The first-order valence-electron chi connectivity index (χ1n) is 9.52. The molecule has 0 spiro atoms. The number of halogens is 1. The number of aliphatic hydroxyl groups is 3. The lowest BCUT2D eigenvalue weighted by Crippen LogP contribution is -2.51. The van der Waals surface area contributed by atoms with Gasteiger partial charge < -0.3 is 23.1 Å². The fraction of sp³-hybridized carbons (Fsp3) is 0.455. The summed E-state index contributed by atoms with van der Waals surface area (Å²) in [5.41, 5.74) is 5.49. The molecular formula is C22H27IO5S. The lowest BCUT2D eigenvalue weighted by molar-refractivity contribution is -0.0478. The Balaban J connectivity index is 1.98. The Morgan fingerprint density at radius 3 is 2.34 bits per heavy atom. The van der Waals surface area contributed by atoms with Crippen LogP contribution in [0.2, 0.25) is 0 Å². The maximum absolute atomic E-state index is 10.8. The van der Waals surface area contributed by atoms with E-state index < -0.39 is 23.6 Å². The van der Waals surface area contributed by atoms with E-state index in [0.717, 1.165) is 23.1 Å². The standard InChI is InChI=1S/C22H27IO5S/c1-12-4-6-14(7-5-12)9-15-10-16(17(27-3)8-13(15)2)22-20(26)19(25)21(28-23)18(11-24)29-22/h4-8,10,18-22,24-26H,9,11H2,1-3H3/t18-,19-,20-,21-,22+/m1/s1. The molecule has 0 saturated carbocycles. The van der Waals surface area contributed by atoms with E-state index in [4.69, 9.17) is 7.80 Å². The maximum atomic E-state index is 10.8. The van der Waals surface area contributed by atoms with Crippen molar-refractivity contribution in [1.29, 1.82) is 0 Å². The van der Waals surface area contributed by atoms with E-state index in [9.17, 15) is 15.3 Å². The van der Waals surface area contributed by atoms with Gasteiger partial charge in [-0.25, -0.2) is 0 Å². The second-order valence-corrected chi connectivity index (χ2v) is 9.39. The summed E-state index contributed by atoms with van der Waals surface area (Å²) in [6.45, 7) is 3.96. The molecule has 5 nitrogen and oxygen atoms in total. The molecule has 1 aliphatic rings. The Hall–Kier alpha value is -0.840. The first kappa shape index (κ1) is 22.8. The molecule has 0 radical (unpaired) electrons. The molecule has 0 bridgehead atoms. The Labute approximate surface area is 190 Å². The van der Waals surface area contributed by atoms with Crippen LogP contribution in [0.5, 0.6) is 5.75 Å². The monoisotopic (exact) mass is 530 g/mol. The minimum Gasteiger partial charge on any atom is -0.496 e. The number of thioether (sulfide) groups is 1. The molecule has 1 saturated heterocycles. The molecule has 29 heavy (non-hydrogen) atoms. The second-order valence-electron chi connectivity index (χ2n) is 7.50. The van der Waals surface area contributed by atoms with Gasteiger partial charge >= 0.3 is 0 Å². The van der Waals surface area contributed by atoms with Crippen LogP contribution >= 0.6 is 34.8 Å². The van der Waals surface area contributed by atoms with Crippen molar-refractivity contribution in [2.24, 2.45) is 0 Å². The van der Waals surface area contributed by atoms with E-state index >= 15 is 0 Å². The number of hydrogen-bond acceptors (Lipinski definition) is 6. The van der Waals surface area contributed by atoms with Crippen LogP contribution in [0.3, 0.4) is 0 Å². The van der Waals surface area contributed by atoms with Crippen molar-refractivity contribution in [3.8, 4) is 5.75 Å². The molecule has 1 fully saturated rings. The van der Waals surface area contributed by atoms with Crippen LogP contribution in [0.4, 0.5) is 0 Å². The van der Waals surface area contributed by atoms with Crippen LogP contribution in [0.1, 0.15) is 33.1 Å². The average Bonchev–Trinajstić information content (AvgIpc) is 2.72. The second kappa shape index (κ2) is 9.98. The smallest absolute Gasteiger partial charge is 0.123 e. The molecule has 2 aromatic rings. The molecular weight excluding hydrogens is 503 g/mol. The van der Waals surface area contributed by atoms with Crippen molar-refractivity contribution in [2.75, 3.05) is 13.7 Å². The van der Waals surface area contributed by atoms with Crippen molar-refractivity contribution >= 4 is 34.8 Å². The number of methoxy groups -OCH3 is 1. The molecule has 3 N–H and O–H groups in total. The van der Waals surface area contributed by atoms with Crippen LogP contribution in [0.15, 0.2) is 36.4 Å².